The molecule has 1 saturated heterocycles. The fourth-order valence-electron chi connectivity index (χ4n) is 3.99. The number of nitrogens with one attached hydrogen (secondary N) is 3. The van der Waals surface area contributed by atoms with Crippen LogP contribution in [0.1, 0.15) is 24.9 Å². The highest BCUT2D eigenvalue weighted by molar-refractivity contribution is 5.96. The van der Waals surface area contributed by atoms with Crippen molar-refractivity contribution in [3.8, 4) is 5.82 Å². The number of hydrogen-bond donors (Lipinski definition) is 4. The third kappa shape index (κ3) is 4.55. The SMILES string of the molecule is C[C@H](Nc1nccc(-n2cnc3cc(NC(=O)[C@H]4CC(O)CN4)ccc32)n1)c1ccccc1. The van der Waals surface area contributed by atoms with E-state index in [9.17, 15) is 9.90 Å². The summed E-state index contributed by atoms with van der Waals surface area (Å²) in [5.41, 5.74) is 3.40. The Labute approximate surface area is 190 Å². The minimum absolute atomic E-state index is 0.0580. The maximum Gasteiger partial charge on any atom is 0.241 e. The van der Waals surface area contributed by atoms with Crippen molar-refractivity contribution in [1.29, 1.82) is 0 Å². The maximum absolute atomic E-state index is 12.4. The second-order valence-corrected chi connectivity index (χ2v) is 8.17. The number of fused-ring (bicyclic) bond motifs is 1. The lowest BCUT2D eigenvalue weighted by molar-refractivity contribution is -0.117. The number of imidazole rings is 1. The Morgan fingerprint density at radius 3 is 2.82 bits per heavy atom. The van der Waals surface area contributed by atoms with E-state index in [1.54, 1.807) is 12.5 Å². The largest absolute Gasteiger partial charge is 0.392 e. The number of aromatic nitrogens is 4. The number of benzene rings is 2. The Morgan fingerprint density at radius 1 is 1.18 bits per heavy atom. The van der Waals surface area contributed by atoms with E-state index >= 15 is 0 Å². The predicted octanol–water partition coefficient (Wildman–Crippen LogP) is 2.65. The number of aliphatic hydroxyl groups is 1. The lowest BCUT2D eigenvalue weighted by Crippen LogP contribution is -2.35. The zero-order valence-electron chi connectivity index (χ0n) is 18.1. The Morgan fingerprint density at radius 2 is 2.03 bits per heavy atom. The molecule has 3 heterocycles. The van der Waals surface area contributed by atoms with Gasteiger partial charge in [0.05, 0.1) is 29.2 Å². The average Bonchev–Trinajstić information content (AvgIpc) is 3.46. The van der Waals surface area contributed by atoms with Crippen LogP contribution in [0.15, 0.2) is 67.1 Å². The van der Waals surface area contributed by atoms with Gasteiger partial charge in [0.1, 0.15) is 12.1 Å². The molecule has 2 aromatic heterocycles. The Balaban J connectivity index is 1.34. The van der Waals surface area contributed by atoms with Gasteiger partial charge < -0.3 is 21.1 Å². The van der Waals surface area contributed by atoms with Crippen LogP contribution in [-0.4, -0.2) is 49.2 Å². The number of hydrogen-bond acceptors (Lipinski definition) is 7. The maximum atomic E-state index is 12.4. The number of carbonyl (C=O) groups excluding carboxylic acids is 1. The van der Waals surface area contributed by atoms with E-state index in [1.165, 1.54) is 0 Å². The summed E-state index contributed by atoms with van der Waals surface area (Å²) in [5, 5.41) is 18.9. The van der Waals surface area contributed by atoms with Crippen molar-refractivity contribution in [1.82, 2.24) is 24.8 Å². The minimum Gasteiger partial charge on any atom is -0.392 e. The molecule has 9 nitrogen and oxygen atoms in total. The molecule has 0 saturated carbocycles. The molecule has 1 aliphatic heterocycles. The Hall–Kier alpha value is -3.82. The van der Waals surface area contributed by atoms with Gasteiger partial charge in [-0.15, -0.1) is 0 Å². The van der Waals surface area contributed by atoms with Crippen molar-refractivity contribution in [2.45, 2.75) is 31.5 Å². The van der Waals surface area contributed by atoms with Gasteiger partial charge in [0, 0.05) is 18.4 Å². The predicted molar refractivity (Wildman–Crippen MR) is 126 cm³/mol. The zero-order valence-corrected chi connectivity index (χ0v) is 18.1. The number of amides is 1. The van der Waals surface area contributed by atoms with Crippen LogP contribution in [0.25, 0.3) is 16.9 Å². The number of β-amino-alcohol motifs (C(OH)–C–C–N with tert-alkyl or cyclic N) is 1. The van der Waals surface area contributed by atoms with Gasteiger partial charge in [-0.3, -0.25) is 9.36 Å². The molecule has 1 amide bonds. The molecule has 0 bridgehead atoms. The highest BCUT2D eigenvalue weighted by Crippen LogP contribution is 2.23. The Bertz CT molecular complexity index is 1270. The minimum atomic E-state index is -0.484. The quantitative estimate of drug-likeness (QED) is 0.362. The molecule has 4 aromatic rings. The number of nitrogens with zero attached hydrogens (tertiary/aromatic N) is 4. The summed E-state index contributed by atoms with van der Waals surface area (Å²) in [6, 6.07) is 17.2. The molecule has 33 heavy (non-hydrogen) atoms. The first kappa shape index (κ1) is 21.0. The van der Waals surface area contributed by atoms with E-state index in [-0.39, 0.29) is 11.9 Å². The first-order valence-electron chi connectivity index (χ1n) is 10.9. The number of aliphatic hydroxyl groups excluding tert-OH is 1. The van der Waals surface area contributed by atoms with Crippen LogP contribution in [0, 0.1) is 0 Å². The van der Waals surface area contributed by atoms with E-state index in [4.69, 9.17) is 0 Å². The smallest absolute Gasteiger partial charge is 0.241 e. The van der Waals surface area contributed by atoms with Gasteiger partial charge in [0.2, 0.25) is 11.9 Å². The molecule has 168 valence electrons. The molecule has 1 aliphatic rings. The molecule has 5 rings (SSSR count). The number of anilines is 2. The fourth-order valence-corrected chi connectivity index (χ4v) is 3.99. The van der Waals surface area contributed by atoms with E-state index in [0.29, 0.717) is 30.4 Å². The lowest BCUT2D eigenvalue weighted by Gasteiger charge is -2.14. The summed E-state index contributed by atoms with van der Waals surface area (Å²) in [5.74, 6) is 1.06. The normalized spacial score (nSPS) is 18.8. The van der Waals surface area contributed by atoms with Gasteiger partial charge in [-0.2, -0.15) is 4.98 Å². The van der Waals surface area contributed by atoms with Crippen molar-refractivity contribution in [3.63, 3.8) is 0 Å². The molecule has 3 atom stereocenters. The molecular formula is C24H25N7O2. The van der Waals surface area contributed by atoms with Gasteiger partial charge in [-0.1, -0.05) is 30.3 Å². The second kappa shape index (κ2) is 8.97. The summed E-state index contributed by atoms with van der Waals surface area (Å²) in [6.07, 6.45) is 3.35. The van der Waals surface area contributed by atoms with Gasteiger partial charge in [0.15, 0.2) is 0 Å². The van der Waals surface area contributed by atoms with E-state index in [2.05, 4.69) is 50.0 Å². The molecule has 0 spiro atoms. The van der Waals surface area contributed by atoms with Crippen LogP contribution in [0.2, 0.25) is 0 Å². The van der Waals surface area contributed by atoms with Crippen molar-refractivity contribution in [2.75, 3.05) is 17.2 Å². The van der Waals surface area contributed by atoms with Crippen LogP contribution in [0.4, 0.5) is 11.6 Å². The highest BCUT2D eigenvalue weighted by Gasteiger charge is 2.28. The van der Waals surface area contributed by atoms with Crippen molar-refractivity contribution >= 4 is 28.6 Å². The number of rotatable bonds is 6. The van der Waals surface area contributed by atoms with Gasteiger partial charge in [-0.05, 0) is 43.2 Å². The van der Waals surface area contributed by atoms with Gasteiger partial charge >= 0.3 is 0 Å². The Kier molecular flexibility index (Phi) is 5.72. The van der Waals surface area contributed by atoms with E-state index < -0.39 is 12.1 Å². The standard InChI is InChI=1S/C24H25N7O2/c1-15(16-5-3-2-4-6-16)28-24-25-10-9-22(30-24)31-14-27-19-11-17(7-8-21(19)31)29-23(33)20-12-18(32)13-26-20/h2-11,14-15,18,20,26,32H,12-13H2,1H3,(H,29,33)(H,25,28,30)/t15-,18?,20+/m0/s1. The summed E-state index contributed by atoms with van der Waals surface area (Å²) in [6.45, 7) is 2.50. The van der Waals surface area contributed by atoms with Gasteiger partial charge in [-0.25, -0.2) is 9.97 Å². The molecule has 2 aromatic carbocycles. The molecule has 0 radical (unpaired) electrons. The molecule has 0 aliphatic carbocycles. The van der Waals surface area contributed by atoms with E-state index in [0.717, 1.165) is 16.6 Å². The molecule has 4 N–H and O–H groups in total. The monoisotopic (exact) mass is 443 g/mol. The molecule has 1 unspecified atom stereocenters. The molecule has 1 fully saturated rings. The molecular weight excluding hydrogens is 418 g/mol. The second-order valence-electron chi connectivity index (χ2n) is 8.17. The van der Waals surface area contributed by atoms with Crippen LogP contribution >= 0.6 is 0 Å². The summed E-state index contributed by atoms with van der Waals surface area (Å²) in [4.78, 5) is 25.9. The lowest BCUT2D eigenvalue weighted by atomic mass is 10.1. The zero-order chi connectivity index (χ0) is 22.8. The third-order valence-corrected chi connectivity index (χ3v) is 5.77. The topological polar surface area (TPSA) is 117 Å². The average molecular weight is 444 g/mol. The van der Waals surface area contributed by atoms with E-state index in [1.807, 2.05) is 47.0 Å². The summed E-state index contributed by atoms with van der Waals surface area (Å²) >= 11 is 0. The van der Waals surface area contributed by atoms with Crippen molar-refractivity contribution in [2.24, 2.45) is 0 Å². The van der Waals surface area contributed by atoms with Crippen LogP contribution in [-0.2, 0) is 4.79 Å². The van der Waals surface area contributed by atoms with Crippen LogP contribution in [0.5, 0.6) is 0 Å². The van der Waals surface area contributed by atoms with Gasteiger partial charge in [0.25, 0.3) is 0 Å². The fraction of sp³-hybridized carbons (Fsp3) is 0.250. The van der Waals surface area contributed by atoms with Crippen LogP contribution < -0.4 is 16.0 Å². The first-order valence-corrected chi connectivity index (χ1v) is 10.9. The summed E-state index contributed by atoms with van der Waals surface area (Å²) in [7, 11) is 0. The third-order valence-electron chi connectivity index (χ3n) is 5.77. The summed E-state index contributed by atoms with van der Waals surface area (Å²) < 4.78 is 1.88. The first-order chi connectivity index (χ1) is 16.1. The van der Waals surface area contributed by atoms with Crippen molar-refractivity contribution < 1.29 is 9.90 Å². The van der Waals surface area contributed by atoms with Crippen molar-refractivity contribution in [3.05, 3.63) is 72.7 Å². The van der Waals surface area contributed by atoms with Crippen LogP contribution in [0.3, 0.4) is 0 Å². The number of carbonyl (C=O) groups is 1. The highest BCUT2D eigenvalue weighted by atomic mass is 16.3. The molecule has 9 heteroatoms.